The number of ether oxygens (including phenoxy) is 2. The third-order valence-electron chi connectivity index (χ3n) is 7.39. The van der Waals surface area contributed by atoms with E-state index in [1.807, 2.05) is 39.8 Å². The topological polar surface area (TPSA) is 116 Å². The number of nitrogens with zero attached hydrogens (tertiary/aromatic N) is 4. The van der Waals surface area contributed by atoms with Gasteiger partial charge in [0.15, 0.2) is 5.13 Å². The minimum atomic E-state index is -0.535. The van der Waals surface area contributed by atoms with Crippen LogP contribution in [0.3, 0.4) is 0 Å². The molecule has 2 aromatic rings. The first-order valence-electron chi connectivity index (χ1n) is 14.6. The second-order valence-electron chi connectivity index (χ2n) is 11.9. The molecule has 12 heteroatoms. The fourth-order valence-electron chi connectivity index (χ4n) is 5.07. The highest BCUT2D eigenvalue weighted by Crippen LogP contribution is 2.27. The summed E-state index contributed by atoms with van der Waals surface area (Å²) in [5.41, 5.74) is 1.58. The van der Waals surface area contributed by atoms with Gasteiger partial charge in [0.25, 0.3) is 11.8 Å². The third kappa shape index (κ3) is 8.20. The molecule has 2 aliphatic rings. The summed E-state index contributed by atoms with van der Waals surface area (Å²) < 4.78 is 11.0. The Hall–Kier alpha value is -3.22. The third-order valence-corrected chi connectivity index (χ3v) is 8.29. The minimum absolute atomic E-state index is 0.108. The van der Waals surface area contributed by atoms with Crippen LogP contribution in [0.15, 0.2) is 23.6 Å². The Labute approximate surface area is 252 Å². The number of amides is 3. The molecule has 2 fully saturated rings. The Morgan fingerprint density at radius 3 is 2.57 bits per heavy atom. The van der Waals surface area contributed by atoms with Crippen LogP contribution in [0.5, 0.6) is 0 Å². The molecule has 2 saturated heterocycles. The Bertz CT molecular complexity index is 1260. The maximum absolute atomic E-state index is 13.2. The molecule has 0 saturated carbocycles. The van der Waals surface area contributed by atoms with Crippen LogP contribution in [-0.2, 0) is 16.0 Å². The van der Waals surface area contributed by atoms with Gasteiger partial charge in [0.1, 0.15) is 11.3 Å². The molecule has 2 aliphatic heterocycles. The molecule has 2 atom stereocenters. The first-order chi connectivity index (χ1) is 20.0. The standard InChI is InChI=1S/C30H44N6O5S/c1-7-11-31-26(37)23-15-21(17-34-13-14-36(16-20(34)2)29(39)41-30(3,4)5)8-9-24(23)32-27(38)25-19-42-28(33-25)35-12-10-22(18-35)40-6/h8-9,15,19-20,22H,7,10-14,16-18H2,1-6H3,(H,31,37)(H,32,38)/t20-,22+/m1/s1. The lowest BCUT2D eigenvalue weighted by molar-refractivity contribution is 0.00459. The zero-order chi connectivity index (χ0) is 30.4. The first kappa shape index (κ1) is 31.7. The van der Waals surface area contributed by atoms with Gasteiger partial charge in [0, 0.05) is 64.3 Å². The lowest BCUT2D eigenvalue weighted by Crippen LogP contribution is -2.54. The van der Waals surface area contributed by atoms with Crippen LogP contribution < -0.4 is 15.5 Å². The summed E-state index contributed by atoms with van der Waals surface area (Å²) in [7, 11) is 1.71. The van der Waals surface area contributed by atoms with Crippen molar-refractivity contribution in [2.75, 3.05) is 56.6 Å². The van der Waals surface area contributed by atoms with E-state index in [2.05, 4.69) is 32.3 Å². The number of hydrogen-bond acceptors (Lipinski definition) is 9. The van der Waals surface area contributed by atoms with Crippen LogP contribution in [0.1, 0.15) is 73.9 Å². The molecule has 3 amide bonds. The molecule has 2 N–H and O–H groups in total. The number of rotatable bonds is 9. The molecule has 3 heterocycles. The normalized spacial score (nSPS) is 19.6. The fourth-order valence-corrected chi connectivity index (χ4v) is 5.91. The number of benzene rings is 1. The molecule has 4 rings (SSSR count). The summed E-state index contributed by atoms with van der Waals surface area (Å²) >= 11 is 1.43. The van der Waals surface area contributed by atoms with E-state index >= 15 is 0 Å². The maximum Gasteiger partial charge on any atom is 0.410 e. The molecule has 1 aromatic carbocycles. The van der Waals surface area contributed by atoms with Crippen molar-refractivity contribution in [3.63, 3.8) is 0 Å². The summed E-state index contributed by atoms with van der Waals surface area (Å²) in [5.74, 6) is -0.595. The average molecular weight is 601 g/mol. The first-order valence-corrected chi connectivity index (χ1v) is 15.5. The van der Waals surface area contributed by atoms with Crippen molar-refractivity contribution >= 4 is 40.1 Å². The van der Waals surface area contributed by atoms with Crippen LogP contribution in [0.2, 0.25) is 0 Å². The minimum Gasteiger partial charge on any atom is -0.444 e. The zero-order valence-electron chi connectivity index (χ0n) is 25.6. The van der Waals surface area contributed by atoms with Crippen molar-refractivity contribution in [1.82, 2.24) is 20.1 Å². The molecule has 0 radical (unpaired) electrons. The summed E-state index contributed by atoms with van der Waals surface area (Å²) in [6.45, 7) is 14.2. The number of hydrogen-bond donors (Lipinski definition) is 2. The van der Waals surface area contributed by atoms with Crippen LogP contribution in [0.25, 0.3) is 0 Å². The van der Waals surface area contributed by atoms with Crippen molar-refractivity contribution in [2.24, 2.45) is 0 Å². The number of methoxy groups -OCH3 is 1. The van der Waals surface area contributed by atoms with Crippen LogP contribution in [0.4, 0.5) is 15.6 Å². The summed E-state index contributed by atoms with van der Waals surface area (Å²) in [6, 6.07) is 5.67. The van der Waals surface area contributed by atoms with E-state index in [1.165, 1.54) is 11.3 Å². The van der Waals surface area contributed by atoms with Crippen LogP contribution in [-0.4, -0.2) is 96.8 Å². The molecule has 11 nitrogen and oxygen atoms in total. The molecule has 42 heavy (non-hydrogen) atoms. The van der Waals surface area contributed by atoms with Gasteiger partial charge < -0.3 is 29.9 Å². The second-order valence-corrected chi connectivity index (χ2v) is 12.8. The molecule has 0 aliphatic carbocycles. The molecule has 1 aromatic heterocycles. The number of thiazole rings is 1. The van der Waals surface area contributed by atoms with Crippen LogP contribution in [0, 0.1) is 0 Å². The quantitative estimate of drug-likeness (QED) is 0.440. The molecule has 0 bridgehead atoms. The maximum atomic E-state index is 13.2. The predicted octanol–water partition coefficient (Wildman–Crippen LogP) is 4.20. The van der Waals surface area contributed by atoms with E-state index in [0.717, 1.165) is 36.6 Å². The molecular weight excluding hydrogens is 556 g/mol. The SMILES string of the molecule is CCCNC(=O)c1cc(CN2CCN(C(=O)OC(C)(C)C)C[C@H]2C)ccc1NC(=O)c1csc(N2CC[C@H](OC)C2)n1. The van der Waals surface area contributed by atoms with Gasteiger partial charge in [-0.3, -0.25) is 14.5 Å². The number of piperazine rings is 1. The Kier molecular flexibility index (Phi) is 10.4. The van der Waals surface area contributed by atoms with Crippen molar-refractivity contribution in [2.45, 2.75) is 71.8 Å². The smallest absolute Gasteiger partial charge is 0.410 e. The van der Waals surface area contributed by atoms with Gasteiger partial charge in [-0.25, -0.2) is 9.78 Å². The number of anilines is 2. The van der Waals surface area contributed by atoms with Crippen molar-refractivity contribution in [3.8, 4) is 0 Å². The lowest BCUT2D eigenvalue weighted by Gasteiger charge is -2.40. The number of carbonyl (C=O) groups excluding carboxylic acids is 3. The highest BCUT2D eigenvalue weighted by Gasteiger charge is 2.30. The van der Waals surface area contributed by atoms with Gasteiger partial charge in [-0.15, -0.1) is 11.3 Å². The lowest BCUT2D eigenvalue weighted by atomic mass is 10.1. The van der Waals surface area contributed by atoms with E-state index in [1.54, 1.807) is 23.5 Å². The largest absolute Gasteiger partial charge is 0.444 e. The Morgan fingerprint density at radius 2 is 1.90 bits per heavy atom. The van der Waals surface area contributed by atoms with Crippen molar-refractivity contribution in [3.05, 3.63) is 40.4 Å². The van der Waals surface area contributed by atoms with E-state index in [0.29, 0.717) is 49.7 Å². The highest BCUT2D eigenvalue weighted by molar-refractivity contribution is 7.14. The zero-order valence-corrected chi connectivity index (χ0v) is 26.4. The number of aromatic nitrogens is 1. The van der Waals surface area contributed by atoms with Crippen LogP contribution >= 0.6 is 11.3 Å². The van der Waals surface area contributed by atoms with E-state index in [-0.39, 0.29) is 30.1 Å². The van der Waals surface area contributed by atoms with Gasteiger partial charge in [-0.05, 0) is 58.2 Å². The summed E-state index contributed by atoms with van der Waals surface area (Å²) in [6.07, 6.45) is 1.61. The molecule has 0 unspecified atom stereocenters. The van der Waals surface area contributed by atoms with Crippen molar-refractivity contribution < 1.29 is 23.9 Å². The number of nitrogens with one attached hydrogen (secondary N) is 2. The van der Waals surface area contributed by atoms with E-state index < -0.39 is 5.60 Å². The average Bonchev–Trinajstić information content (AvgIpc) is 3.62. The Balaban J connectivity index is 1.44. The van der Waals surface area contributed by atoms with Gasteiger partial charge in [0.2, 0.25) is 0 Å². The fraction of sp³-hybridized carbons (Fsp3) is 0.600. The van der Waals surface area contributed by atoms with E-state index in [9.17, 15) is 14.4 Å². The Morgan fingerprint density at radius 1 is 1.12 bits per heavy atom. The summed E-state index contributed by atoms with van der Waals surface area (Å²) in [4.78, 5) is 49.6. The van der Waals surface area contributed by atoms with E-state index in [4.69, 9.17) is 9.47 Å². The molecule has 230 valence electrons. The monoisotopic (exact) mass is 600 g/mol. The second kappa shape index (κ2) is 13.8. The van der Waals surface area contributed by atoms with Crippen molar-refractivity contribution in [1.29, 1.82) is 0 Å². The summed E-state index contributed by atoms with van der Waals surface area (Å²) in [5, 5.41) is 8.38. The number of carbonyl (C=O) groups is 3. The van der Waals surface area contributed by atoms with Gasteiger partial charge in [-0.1, -0.05) is 13.0 Å². The molecular formula is C30H44N6O5S. The predicted molar refractivity (Wildman–Crippen MR) is 164 cm³/mol. The highest BCUT2D eigenvalue weighted by atomic mass is 32.1. The van der Waals surface area contributed by atoms with Gasteiger partial charge in [-0.2, -0.15) is 0 Å². The van der Waals surface area contributed by atoms with Gasteiger partial charge in [0.05, 0.1) is 17.4 Å². The molecule has 0 spiro atoms. The van der Waals surface area contributed by atoms with Gasteiger partial charge >= 0.3 is 6.09 Å².